The van der Waals surface area contributed by atoms with Crippen molar-refractivity contribution in [3.63, 3.8) is 0 Å². The van der Waals surface area contributed by atoms with Crippen LogP contribution in [0.5, 0.6) is 0 Å². The summed E-state index contributed by atoms with van der Waals surface area (Å²) in [5.41, 5.74) is -0.0620. The van der Waals surface area contributed by atoms with Crippen LogP contribution in [0.15, 0.2) is 18.2 Å². The van der Waals surface area contributed by atoms with Gasteiger partial charge in [-0.05, 0) is 61.1 Å². The number of carbonyl (C=O) groups excluding carboxylic acids is 1. The van der Waals surface area contributed by atoms with Crippen LogP contribution in [0.1, 0.15) is 75.8 Å². The van der Waals surface area contributed by atoms with E-state index in [0.29, 0.717) is 29.7 Å². The number of fused-ring (bicyclic) bond motifs is 1. The highest BCUT2D eigenvalue weighted by Gasteiger charge is 2.44. The molecular weight excluding hydrogens is 439 g/mol. The minimum atomic E-state index is -4.43. The second-order valence-corrected chi connectivity index (χ2v) is 11.3. The molecule has 3 fully saturated rings. The molecule has 0 bridgehead atoms. The first-order chi connectivity index (χ1) is 16.3. The predicted molar refractivity (Wildman–Crippen MR) is 127 cm³/mol. The van der Waals surface area contributed by atoms with E-state index in [1.807, 2.05) is 0 Å². The van der Waals surface area contributed by atoms with Gasteiger partial charge in [-0.15, -0.1) is 0 Å². The summed E-state index contributed by atoms with van der Waals surface area (Å²) in [4.78, 5) is 13.2. The molecule has 7 heteroatoms. The molecule has 2 saturated carbocycles. The smallest absolute Gasteiger partial charge is 0.373 e. The molecule has 0 spiro atoms. The molecule has 3 N–H and O–H groups in total. The lowest BCUT2D eigenvalue weighted by Crippen LogP contribution is -2.59. The third-order valence-corrected chi connectivity index (χ3v) is 8.81. The van der Waals surface area contributed by atoms with Crippen molar-refractivity contribution in [1.29, 1.82) is 0 Å². The number of nitrogens with one attached hydrogen (secondary N) is 3. The number of para-hydroxylation sites is 1. The summed E-state index contributed by atoms with van der Waals surface area (Å²) in [7, 11) is 0. The van der Waals surface area contributed by atoms with E-state index in [2.05, 4.69) is 22.9 Å². The molecule has 5 atom stereocenters. The van der Waals surface area contributed by atoms with Gasteiger partial charge >= 0.3 is 6.18 Å². The van der Waals surface area contributed by atoms with E-state index in [4.69, 9.17) is 0 Å². The zero-order valence-corrected chi connectivity index (χ0v) is 20.1. The van der Waals surface area contributed by atoms with Crippen molar-refractivity contribution in [3.05, 3.63) is 29.3 Å². The summed E-state index contributed by atoms with van der Waals surface area (Å²) in [5, 5.41) is 9.98. The van der Waals surface area contributed by atoms with Gasteiger partial charge in [0.15, 0.2) is 0 Å². The molecule has 188 valence electrons. The Kier molecular flexibility index (Phi) is 6.84. The summed E-state index contributed by atoms with van der Waals surface area (Å²) in [6, 6.07) is 3.81. The van der Waals surface area contributed by atoms with Crippen LogP contribution in [0.2, 0.25) is 0 Å². The SMILES string of the molecule is CC1CC(C2CCCCCC2)CNC1C(NC(=O)C1Cc2cccc(C(F)(F)F)c2N1)C1CC1. The number of halogens is 3. The van der Waals surface area contributed by atoms with Gasteiger partial charge in [-0.25, -0.2) is 0 Å². The van der Waals surface area contributed by atoms with Crippen LogP contribution in [0, 0.1) is 23.7 Å². The third kappa shape index (κ3) is 5.09. The summed E-state index contributed by atoms with van der Waals surface area (Å²) >= 11 is 0. The van der Waals surface area contributed by atoms with Crippen molar-refractivity contribution in [2.24, 2.45) is 23.7 Å². The highest BCUT2D eigenvalue weighted by atomic mass is 19.4. The molecule has 1 aromatic rings. The van der Waals surface area contributed by atoms with Crippen LogP contribution in [0.3, 0.4) is 0 Å². The number of hydrogen-bond donors (Lipinski definition) is 3. The first kappa shape index (κ1) is 24.0. The molecule has 34 heavy (non-hydrogen) atoms. The highest BCUT2D eigenvalue weighted by molar-refractivity contribution is 5.88. The number of amides is 1. The van der Waals surface area contributed by atoms with Crippen LogP contribution >= 0.6 is 0 Å². The molecule has 0 radical (unpaired) electrons. The van der Waals surface area contributed by atoms with Gasteiger partial charge in [0, 0.05) is 18.5 Å². The molecule has 0 aromatic heterocycles. The van der Waals surface area contributed by atoms with Gasteiger partial charge in [-0.2, -0.15) is 13.2 Å². The van der Waals surface area contributed by atoms with E-state index < -0.39 is 17.8 Å². The lowest BCUT2D eigenvalue weighted by molar-refractivity contribution is -0.137. The molecular formula is C27H38F3N3O. The number of hydrogen-bond acceptors (Lipinski definition) is 3. The summed E-state index contributed by atoms with van der Waals surface area (Å²) in [6.07, 6.45) is 7.41. The monoisotopic (exact) mass is 477 g/mol. The number of rotatable bonds is 5. The van der Waals surface area contributed by atoms with Gasteiger partial charge in [0.2, 0.25) is 5.91 Å². The fourth-order valence-corrected chi connectivity index (χ4v) is 6.82. The molecule has 2 heterocycles. The summed E-state index contributed by atoms with van der Waals surface area (Å²) in [5.74, 6) is 2.29. The highest BCUT2D eigenvalue weighted by Crippen LogP contribution is 2.42. The largest absolute Gasteiger partial charge is 0.418 e. The average molecular weight is 478 g/mol. The van der Waals surface area contributed by atoms with E-state index in [-0.39, 0.29) is 23.7 Å². The Morgan fingerprint density at radius 3 is 2.44 bits per heavy atom. The Labute approximate surface area is 200 Å². The van der Waals surface area contributed by atoms with Gasteiger partial charge in [-0.3, -0.25) is 4.79 Å². The number of alkyl halides is 3. The van der Waals surface area contributed by atoms with E-state index in [1.54, 1.807) is 6.07 Å². The Morgan fingerprint density at radius 2 is 1.79 bits per heavy atom. The normalized spacial score (nSPS) is 31.3. The van der Waals surface area contributed by atoms with E-state index >= 15 is 0 Å². The van der Waals surface area contributed by atoms with Crippen LogP contribution in [-0.2, 0) is 17.4 Å². The van der Waals surface area contributed by atoms with Gasteiger partial charge < -0.3 is 16.0 Å². The molecule has 4 aliphatic rings. The quantitative estimate of drug-likeness (QED) is 0.490. The average Bonchev–Trinajstić information content (AvgIpc) is 3.59. The zero-order chi connectivity index (χ0) is 23.9. The van der Waals surface area contributed by atoms with Crippen molar-refractivity contribution in [1.82, 2.24) is 10.6 Å². The van der Waals surface area contributed by atoms with E-state index in [9.17, 15) is 18.0 Å². The molecule has 5 unspecified atom stereocenters. The molecule has 1 saturated heterocycles. The maximum Gasteiger partial charge on any atom is 0.418 e. The van der Waals surface area contributed by atoms with Crippen molar-refractivity contribution < 1.29 is 18.0 Å². The zero-order valence-electron chi connectivity index (χ0n) is 20.1. The van der Waals surface area contributed by atoms with E-state index in [1.165, 1.54) is 51.0 Å². The topological polar surface area (TPSA) is 53.2 Å². The second kappa shape index (κ2) is 9.71. The predicted octanol–water partition coefficient (Wildman–Crippen LogP) is 5.52. The maximum atomic E-state index is 13.4. The molecule has 2 aliphatic heterocycles. The van der Waals surface area contributed by atoms with Gasteiger partial charge in [0.1, 0.15) is 6.04 Å². The second-order valence-electron chi connectivity index (χ2n) is 11.3. The molecule has 2 aliphatic carbocycles. The Hall–Kier alpha value is -1.76. The van der Waals surface area contributed by atoms with Crippen LogP contribution in [0.25, 0.3) is 0 Å². The van der Waals surface area contributed by atoms with Gasteiger partial charge in [-0.1, -0.05) is 57.6 Å². The number of anilines is 1. The molecule has 4 nitrogen and oxygen atoms in total. The fourth-order valence-electron chi connectivity index (χ4n) is 6.82. The molecule has 5 rings (SSSR count). The fraction of sp³-hybridized carbons (Fsp3) is 0.741. The lowest BCUT2D eigenvalue weighted by atomic mass is 9.74. The molecule has 1 amide bonds. The summed E-state index contributed by atoms with van der Waals surface area (Å²) < 4.78 is 40.3. The third-order valence-electron chi connectivity index (χ3n) is 8.81. The van der Waals surface area contributed by atoms with E-state index in [0.717, 1.165) is 31.4 Å². The first-order valence-corrected chi connectivity index (χ1v) is 13.3. The number of piperidine rings is 1. The minimum Gasteiger partial charge on any atom is -0.373 e. The summed E-state index contributed by atoms with van der Waals surface area (Å²) in [6.45, 7) is 3.32. The first-order valence-electron chi connectivity index (χ1n) is 13.3. The minimum absolute atomic E-state index is 0.0465. The van der Waals surface area contributed by atoms with Gasteiger partial charge in [0.05, 0.1) is 11.3 Å². The number of carbonyl (C=O) groups is 1. The van der Waals surface area contributed by atoms with Crippen molar-refractivity contribution in [2.45, 2.75) is 95.4 Å². The molecule has 1 aromatic carbocycles. The van der Waals surface area contributed by atoms with Gasteiger partial charge in [0.25, 0.3) is 0 Å². The Balaban J connectivity index is 1.22. The van der Waals surface area contributed by atoms with Crippen molar-refractivity contribution in [3.8, 4) is 0 Å². The maximum absolute atomic E-state index is 13.4. The van der Waals surface area contributed by atoms with Crippen molar-refractivity contribution in [2.75, 3.05) is 11.9 Å². The Bertz CT molecular complexity index is 876. The lowest BCUT2D eigenvalue weighted by Gasteiger charge is -2.43. The standard InChI is InChI=1S/C27H38F3N3O/c1-16-13-20(17-7-4-2-3-5-8-17)15-31-23(16)25(18-11-12-18)33-26(34)22-14-19-9-6-10-21(24(19)32-22)27(28,29)30/h6,9-10,16-18,20,22-23,25,31-32H,2-5,7-8,11-15H2,1H3,(H,33,34). The Morgan fingerprint density at radius 1 is 1.06 bits per heavy atom. The van der Waals surface area contributed by atoms with Crippen LogP contribution in [-0.4, -0.2) is 30.6 Å². The van der Waals surface area contributed by atoms with Crippen LogP contribution in [0.4, 0.5) is 18.9 Å². The van der Waals surface area contributed by atoms with Crippen LogP contribution < -0.4 is 16.0 Å². The van der Waals surface area contributed by atoms with Crippen molar-refractivity contribution >= 4 is 11.6 Å². The number of benzene rings is 1.